The van der Waals surface area contributed by atoms with Crippen molar-refractivity contribution in [1.82, 2.24) is 4.98 Å². The second-order valence-corrected chi connectivity index (χ2v) is 8.26. The number of amides is 1. The van der Waals surface area contributed by atoms with Gasteiger partial charge in [-0.3, -0.25) is 4.79 Å². The maximum absolute atomic E-state index is 13.3. The van der Waals surface area contributed by atoms with E-state index in [-0.39, 0.29) is 22.8 Å². The van der Waals surface area contributed by atoms with Crippen molar-refractivity contribution in [1.29, 1.82) is 0 Å². The number of thiophene rings is 1. The summed E-state index contributed by atoms with van der Waals surface area (Å²) in [5.74, 6) is -0.599. The molecule has 1 aliphatic carbocycles. The molecule has 6 nitrogen and oxygen atoms in total. The first-order valence-corrected chi connectivity index (χ1v) is 10.4. The summed E-state index contributed by atoms with van der Waals surface area (Å²) in [6, 6.07) is 7.43. The number of hydrogen-bond donors (Lipinski definition) is 1. The average molecular weight is 410 g/mol. The van der Waals surface area contributed by atoms with Crippen molar-refractivity contribution in [2.45, 2.75) is 31.6 Å². The van der Waals surface area contributed by atoms with Gasteiger partial charge in [0, 0.05) is 10.8 Å². The molecular formula is C22H22N2O4S. The van der Waals surface area contributed by atoms with E-state index in [0.717, 1.165) is 30.5 Å². The van der Waals surface area contributed by atoms with Crippen LogP contribution < -0.4 is 10.1 Å². The number of hydrogen-bond acceptors (Lipinski definition) is 6. The van der Waals surface area contributed by atoms with Crippen LogP contribution in [0.5, 0.6) is 5.88 Å². The van der Waals surface area contributed by atoms with Crippen molar-refractivity contribution in [2.24, 2.45) is 0 Å². The van der Waals surface area contributed by atoms with Crippen molar-refractivity contribution in [3.63, 3.8) is 0 Å². The standard InChI is InChI=1S/C22H22N2O4S/c1-22(8-4-9-22)16-6-5-13-11-15(21(26)28-3)20(27-2)24-18(13)17(16)19(25)23-14-7-10-29-12-14/h5-7,10-12H,4,8-9H2,1-3H3,(H,23,25). The number of carbonyl (C=O) groups excluding carboxylic acids is 2. The van der Waals surface area contributed by atoms with Crippen molar-refractivity contribution in [2.75, 3.05) is 19.5 Å². The molecule has 0 bridgehead atoms. The van der Waals surface area contributed by atoms with E-state index in [1.54, 1.807) is 6.07 Å². The third kappa shape index (κ3) is 3.35. The van der Waals surface area contributed by atoms with Crippen LogP contribution in [0.25, 0.3) is 10.9 Å². The fourth-order valence-corrected chi connectivity index (χ4v) is 4.46. The fraction of sp³-hybridized carbons (Fsp3) is 0.318. The van der Waals surface area contributed by atoms with Crippen LogP contribution in [0.3, 0.4) is 0 Å². The van der Waals surface area contributed by atoms with Crippen LogP contribution in [0.2, 0.25) is 0 Å². The SMILES string of the molecule is COC(=O)c1cc2ccc(C3(C)CCC3)c(C(=O)Nc3ccsc3)c2nc1OC. The van der Waals surface area contributed by atoms with Gasteiger partial charge in [-0.05, 0) is 41.3 Å². The lowest BCUT2D eigenvalue weighted by atomic mass is 9.64. The normalized spacial score (nSPS) is 14.9. The molecule has 29 heavy (non-hydrogen) atoms. The van der Waals surface area contributed by atoms with Crippen molar-refractivity contribution < 1.29 is 19.1 Å². The van der Waals surface area contributed by atoms with Gasteiger partial charge in [0.25, 0.3) is 5.91 Å². The molecular weight excluding hydrogens is 388 g/mol. The Labute approximate surface area is 172 Å². The Kier molecular flexibility index (Phi) is 5.00. The van der Waals surface area contributed by atoms with Gasteiger partial charge >= 0.3 is 5.97 Å². The Bertz CT molecular complexity index is 1090. The summed E-state index contributed by atoms with van der Waals surface area (Å²) >= 11 is 1.52. The molecule has 0 aliphatic heterocycles. The largest absolute Gasteiger partial charge is 0.480 e. The molecule has 1 N–H and O–H groups in total. The minimum absolute atomic E-state index is 0.0640. The number of rotatable bonds is 5. The molecule has 1 saturated carbocycles. The van der Waals surface area contributed by atoms with Gasteiger partial charge in [-0.25, -0.2) is 9.78 Å². The molecule has 0 radical (unpaired) electrons. The first-order valence-electron chi connectivity index (χ1n) is 9.41. The Morgan fingerprint density at radius 1 is 1.21 bits per heavy atom. The van der Waals surface area contributed by atoms with Crippen LogP contribution >= 0.6 is 11.3 Å². The lowest BCUT2D eigenvalue weighted by molar-refractivity contribution is 0.0596. The van der Waals surface area contributed by atoms with Gasteiger partial charge in [-0.2, -0.15) is 11.3 Å². The molecule has 2 aromatic heterocycles. The predicted octanol–water partition coefficient (Wildman–Crippen LogP) is 4.79. The van der Waals surface area contributed by atoms with Crippen LogP contribution in [-0.4, -0.2) is 31.1 Å². The van der Waals surface area contributed by atoms with E-state index in [2.05, 4.69) is 17.2 Å². The molecule has 0 spiro atoms. The highest BCUT2D eigenvalue weighted by molar-refractivity contribution is 7.08. The summed E-state index contributed by atoms with van der Waals surface area (Å²) in [6.45, 7) is 2.18. The minimum Gasteiger partial charge on any atom is -0.480 e. The van der Waals surface area contributed by atoms with Crippen molar-refractivity contribution >= 4 is 39.8 Å². The number of ether oxygens (including phenoxy) is 2. The molecule has 0 saturated heterocycles. The van der Waals surface area contributed by atoms with E-state index in [0.29, 0.717) is 16.5 Å². The van der Waals surface area contributed by atoms with Crippen LogP contribution in [0.1, 0.15) is 52.5 Å². The quantitative estimate of drug-likeness (QED) is 0.612. The van der Waals surface area contributed by atoms with Gasteiger partial charge in [0.2, 0.25) is 5.88 Å². The van der Waals surface area contributed by atoms with E-state index in [1.807, 2.05) is 29.0 Å². The Morgan fingerprint density at radius 3 is 2.59 bits per heavy atom. The van der Waals surface area contributed by atoms with Gasteiger partial charge in [-0.15, -0.1) is 0 Å². The lowest BCUT2D eigenvalue weighted by Gasteiger charge is -2.40. The third-order valence-electron chi connectivity index (χ3n) is 5.66. The van der Waals surface area contributed by atoms with E-state index in [1.165, 1.54) is 25.6 Å². The van der Waals surface area contributed by atoms with Gasteiger partial charge in [-0.1, -0.05) is 25.5 Å². The summed E-state index contributed by atoms with van der Waals surface area (Å²) in [4.78, 5) is 30.0. The number of anilines is 1. The molecule has 1 aliphatic rings. The fourth-order valence-electron chi connectivity index (χ4n) is 3.87. The smallest absolute Gasteiger partial charge is 0.343 e. The number of pyridine rings is 1. The molecule has 7 heteroatoms. The van der Waals surface area contributed by atoms with E-state index >= 15 is 0 Å². The van der Waals surface area contributed by atoms with E-state index < -0.39 is 5.97 Å². The Morgan fingerprint density at radius 2 is 2.00 bits per heavy atom. The van der Waals surface area contributed by atoms with Crippen LogP contribution in [0.4, 0.5) is 5.69 Å². The summed E-state index contributed by atoms with van der Waals surface area (Å²) in [5, 5.41) is 7.46. The van der Waals surface area contributed by atoms with Crippen LogP contribution in [0, 0.1) is 0 Å². The topological polar surface area (TPSA) is 77.5 Å². The lowest BCUT2D eigenvalue weighted by Crippen LogP contribution is -2.33. The molecule has 0 unspecified atom stereocenters. The molecule has 4 rings (SSSR count). The predicted molar refractivity (Wildman–Crippen MR) is 113 cm³/mol. The minimum atomic E-state index is -0.532. The first kappa shape index (κ1) is 19.4. The highest BCUT2D eigenvalue weighted by Crippen LogP contribution is 2.46. The maximum Gasteiger partial charge on any atom is 0.343 e. The highest BCUT2D eigenvalue weighted by Gasteiger charge is 2.37. The monoisotopic (exact) mass is 410 g/mol. The molecule has 3 aromatic rings. The molecule has 2 heterocycles. The van der Waals surface area contributed by atoms with Crippen LogP contribution in [-0.2, 0) is 10.2 Å². The Balaban J connectivity index is 1.93. The number of nitrogens with zero attached hydrogens (tertiary/aromatic N) is 1. The number of methoxy groups -OCH3 is 2. The van der Waals surface area contributed by atoms with Gasteiger partial charge in [0.15, 0.2) is 0 Å². The number of esters is 1. The van der Waals surface area contributed by atoms with Crippen molar-refractivity contribution in [3.05, 3.63) is 51.7 Å². The second kappa shape index (κ2) is 7.48. The molecule has 1 fully saturated rings. The number of carbonyl (C=O) groups is 2. The molecule has 150 valence electrons. The maximum atomic E-state index is 13.3. The highest BCUT2D eigenvalue weighted by atomic mass is 32.1. The molecule has 1 amide bonds. The first-order chi connectivity index (χ1) is 14.0. The Hall–Kier alpha value is -2.93. The molecule has 1 aromatic carbocycles. The van der Waals surface area contributed by atoms with E-state index in [9.17, 15) is 9.59 Å². The summed E-state index contributed by atoms with van der Waals surface area (Å²) < 4.78 is 10.2. The van der Waals surface area contributed by atoms with E-state index in [4.69, 9.17) is 9.47 Å². The number of nitrogens with one attached hydrogen (secondary N) is 1. The second-order valence-electron chi connectivity index (χ2n) is 7.48. The zero-order chi connectivity index (χ0) is 20.6. The number of aromatic nitrogens is 1. The van der Waals surface area contributed by atoms with Gasteiger partial charge in [0.05, 0.1) is 31.0 Å². The van der Waals surface area contributed by atoms with Gasteiger partial charge in [0.1, 0.15) is 5.56 Å². The number of fused-ring (bicyclic) bond motifs is 1. The molecule has 0 atom stereocenters. The number of benzene rings is 1. The van der Waals surface area contributed by atoms with Crippen molar-refractivity contribution in [3.8, 4) is 5.88 Å². The zero-order valence-corrected chi connectivity index (χ0v) is 17.4. The summed E-state index contributed by atoms with van der Waals surface area (Å²) in [6.07, 6.45) is 3.18. The third-order valence-corrected chi connectivity index (χ3v) is 6.35. The van der Waals surface area contributed by atoms with Gasteiger partial charge < -0.3 is 14.8 Å². The summed E-state index contributed by atoms with van der Waals surface area (Å²) in [7, 11) is 2.76. The average Bonchev–Trinajstić information content (AvgIpc) is 3.22. The zero-order valence-electron chi connectivity index (χ0n) is 16.6. The summed E-state index contributed by atoms with van der Waals surface area (Å²) in [5.41, 5.74) is 2.95. The van der Waals surface area contributed by atoms with Crippen LogP contribution in [0.15, 0.2) is 35.0 Å².